The quantitative estimate of drug-likeness (QED) is 0.852. The summed E-state index contributed by atoms with van der Waals surface area (Å²) >= 11 is 0. The number of rotatable bonds is 4. The molecule has 0 saturated carbocycles. The van der Waals surface area contributed by atoms with E-state index in [0.717, 1.165) is 12.1 Å². The number of hydrogen-bond donors (Lipinski definition) is 2. The molecule has 0 aliphatic carbocycles. The molecule has 0 radical (unpaired) electrons. The molecule has 0 spiro atoms. The van der Waals surface area contributed by atoms with Crippen molar-refractivity contribution in [2.45, 2.75) is 19.5 Å². The van der Waals surface area contributed by atoms with Gasteiger partial charge in [0, 0.05) is 32.7 Å². The van der Waals surface area contributed by atoms with Crippen molar-refractivity contribution in [2.24, 2.45) is 0 Å². The zero-order valence-electron chi connectivity index (χ0n) is 12.0. The van der Waals surface area contributed by atoms with Gasteiger partial charge in [-0.25, -0.2) is 4.39 Å². The first-order valence-corrected chi connectivity index (χ1v) is 7.06. The molecule has 0 aromatic heterocycles. The van der Waals surface area contributed by atoms with Crippen molar-refractivity contribution in [3.8, 4) is 6.07 Å². The van der Waals surface area contributed by atoms with Gasteiger partial charge in [0.05, 0.1) is 11.6 Å². The third kappa shape index (κ3) is 3.78. The van der Waals surface area contributed by atoms with E-state index in [1.807, 2.05) is 17.9 Å². The van der Waals surface area contributed by atoms with Gasteiger partial charge in [-0.15, -0.1) is 0 Å². The molecule has 2 rings (SSSR count). The van der Waals surface area contributed by atoms with Gasteiger partial charge in [-0.05, 0) is 24.6 Å². The van der Waals surface area contributed by atoms with E-state index in [0.29, 0.717) is 31.7 Å². The Balaban J connectivity index is 2.16. The standard InChI is InChI=1S/C15H19FN4O/c1-2-19-15(21)14-9-18-5-6-20(14)10-11-3-4-13(16)7-12(11)8-17/h3-4,7,14,18H,2,5-6,9-10H2,1H3,(H,19,21). The molecule has 2 N–H and O–H groups in total. The maximum absolute atomic E-state index is 13.2. The minimum atomic E-state index is -0.420. The van der Waals surface area contributed by atoms with Gasteiger partial charge in [0.2, 0.25) is 5.91 Å². The molecule has 1 fully saturated rings. The molecule has 1 amide bonds. The Kier molecular flexibility index (Phi) is 5.26. The molecular weight excluding hydrogens is 271 g/mol. The SMILES string of the molecule is CCNC(=O)C1CNCCN1Cc1ccc(F)cc1C#N. The molecule has 0 bridgehead atoms. The van der Waals surface area contributed by atoms with Crippen LogP contribution in [0.25, 0.3) is 0 Å². The number of nitrogens with one attached hydrogen (secondary N) is 2. The fourth-order valence-electron chi connectivity index (χ4n) is 2.50. The number of halogens is 1. The van der Waals surface area contributed by atoms with Gasteiger partial charge in [0.15, 0.2) is 0 Å². The third-order valence-electron chi connectivity index (χ3n) is 3.57. The molecule has 1 aliphatic heterocycles. The molecular formula is C15H19FN4O. The second-order valence-electron chi connectivity index (χ2n) is 5.00. The van der Waals surface area contributed by atoms with Gasteiger partial charge in [-0.3, -0.25) is 9.69 Å². The molecule has 1 heterocycles. The number of carbonyl (C=O) groups excluding carboxylic acids is 1. The highest BCUT2D eigenvalue weighted by molar-refractivity contribution is 5.82. The maximum Gasteiger partial charge on any atom is 0.238 e. The Morgan fingerprint density at radius 2 is 2.43 bits per heavy atom. The molecule has 1 aliphatic rings. The molecule has 1 unspecified atom stereocenters. The second-order valence-corrected chi connectivity index (χ2v) is 5.00. The van der Waals surface area contributed by atoms with E-state index in [2.05, 4.69) is 10.6 Å². The highest BCUT2D eigenvalue weighted by Crippen LogP contribution is 2.16. The summed E-state index contributed by atoms with van der Waals surface area (Å²) < 4.78 is 13.2. The van der Waals surface area contributed by atoms with Crippen molar-refractivity contribution in [3.63, 3.8) is 0 Å². The summed E-state index contributed by atoms with van der Waals surface area (Å²) in [6.07, 6.45) is 0. The highest BCUT2D eigenvalue weighted by Gasteiger charge is 2.28. The highest BCUT2D eigenvalue weighted by atomic mass is 19.1. The molecule has 5 nitrogen and oxygen atoms in total. The fourth-order valence-corrected chi connectivity index (χ4v) is 2.50. The van der Waals surface area contributed by atoms with Crippen LogP contribution in [0.15, 0.2) is 18.2 Å². The van der Waals surface area contributed by atoms with E-state index in [9.17, 15) is 9.18 Å². The number of hydrogen-bond acceptors (Lipinski definition) is 4. The van der Waals surface area contributed by atoms with Gasteiger partial charge in [0.25, 0.3) is 0 Å². The summed E-state index contributed by atoms with van der Waals surface area (Å²) in [7, 11) is 0. The number of likely N-dealkylation sites (N-methyl/N-ethyl adjacent to an activating group) is 1. The van der Waals surface area contributed by atoms with Gasteiger partial charge in [-0.1, -0.05) is 6.07 Å². The van der Waals surface area contributed by atoms with E-state index < -0.39 is 5.82 Å². The van der Waals surface area contributed by atoms with Crippen LogP contribution in [-0.2, 0) is 11.3 Å². The van der Waals surface area contributed by atoms with Gasteiger partial charge in [-0.2, -0.15) is 5.26 Å². The topological polar surface area (TPSA) is 68.2 Å². The lowest BCUT2D eigenvalue weighted by molar-refractivity contribution is -0.127. The van der Waals surface area contributed by atoms with Gasteiger partial charge >= 0.3 is 0 Å². The lowest BCUT2D eigenvalue weighted by Gasteiger charge is -2.35. The average Bonchev–Trinajstić information content (AvgIpc) is 2.49. The van der Waals surface area contributed by atoms with Crippen LogP contribution in [0.3, 0.4) is 0 Å². The number of carbonyl (C=O) groups is 1. The van der Waals surface area contributed by atoms with E-state index >= 15 is 0 Å². The van der Waals surface area contributed by atoms with Gasteiger partial charge in [0.1, 0.15) is 11.9 Å². The minimum absolute atomic E-state index is 0.0229. The zero-order chi connectivity index (χ0) is 15.2. The van der Waals surface area contributed by atoms with Gasteiger partial charge < -0.3 is 10.6 Å². The van der Waals surface area contributed by atoms with E-state index in [1.54, 1.807) is 6.07 Å². The number of benzene rings is 1. The molecule has 21 heavy (non-hydrogen) atoms. The third-order valence-corrected chi connectivity index (χ3v) is 3.57. The van der Waals surface area contributed by atoms with Crippen LogP contribution in [0, 0.1) is 17.1 Å². The van der Waals surface area contributed by atoms with E-state index in [4.69, 9.17) is 5.26 Å². The predicted molar refractivity (Wildman–Crippen MR) is 76.9 cm³/mol. The normalized spacial score (nSPS) is 19.0. The Morgan fingerprint density at radius 3 is 3.14 bits per heavy atom. The summed E-state index contributed by atoms with van der Waals surface area (Å²) in [5, 5.41) is 15.1. The molecule has 1 aromatic rings. The lowest BCUT2D eigenvalue weighted by atomic mass is 10.1. The largest absolute Gasteiger partial charge is 0.355 e. The van der Waals surface area contributed by atoms with Crippen molar-refractivity contribution in [2.75, 3.05) is 26.2 Å². The monoisotopic (exact) mass is 290 g/mol. The molecule has 112 valence electrons. The fraction of sp³-hybridized carbons (Fsp3) is 0.467. The summed E-state index contributed by atoms with van der Waals surface area (Å²) in [5.74, 6) is -0.443. The van der Waals surface area contributed by atoms with E-state index in [-0.39, 0.29) is 11.9 Å². The van der Waals surface area contributed by atoms with Crippen LogP contribution < -0.4 is 10.6 Å². The van der Waals surface area contributed by atoms with E-state index in [1.165, 1.54) is 12.1 Å². The van der Waals surface area contributed by atoms with Crippen molar-refractivity contribution in [3.05, 3.63) is 35.1 Å². The lowest BCUT2D eigenvalue weighted by Crippen LogP contribution is -2.57. The number of nitriles is 1. The first-order valence-electron chi connectivity index (χ1n) is 7.06. The molecule has 1 aromatic carbocycles. The second kappa shape index (κ2) is 7.16. The van der Waals surface area contributed by atoms with Crippen LogP contribution in [0.5, 0.6) is 0 Å². The zero-order valence-corrected chi connectivity index (χ0v) is 12.0. The molecule has 6 heteroatoms. The summed E-state index contributed by atoms with van der Waals surface area (Å²) in [5.41, 5.74) is 1.07. The van der Waals surface area contributed by atoms with Crippen LogP contribution >= 0.6 is 0 Å². The Labute approximate surface area is 123 Å². The maximum atomic E-state index is 13.2. The number of piperazine rings is 1. The summed E-state index contributed by atoms with van der Waals surface area (Å²) in [6.45, 7) is 5.01. The van der Waals surface area contributed by atoms with Crippen LogP contribution in [-0.4, -0.2) is 43.0 Å². The van der Waals surface area contributed by atoms with Crippen molar-refractivity contribution < 1.29 is 9.18 Å². The molecule has 1 atom stereocenters. The smallest absolute Gasteiger partial charge is 0.238 e. The summed E-state index contributed by atoms with van der Waals surface area (Å²) in [6, 6.07) is 5.94. The van der Waals surface area contributed by atoms with Crippen molar-refractivity contribution >= 4 is 5.91 Å². The summed E-state index contributed by atoms with van der Waals surface area (Å²) in [4.78, 5) is 14.1. The van der Waals surface area contributed by atoms with Crippen LogP contribution in [0.2, 0.25) is 0 Å². The Morgan fingerprint density at radius 1 is 1.62 bits per heavy atom. The average molecular weight is 290 g/mol. The minimum Gasteiger partial charge on any atom is -0.355 e. The first-order chi connectivity index (χ1) is 10.2. The number of nitrogens with zero attached hydrogens (tertiary/aromatic N) is 2. The Bertz CT molecular complexity index is 555. The van der Waals surface area contributed by atoms with Crippen molar-refractivity contribution in [1.29, 1.82) is 5.26 Å². The van der Waals surface area contributed by atoms with Crippen LogP contribution in [0.1, 0.15) is 18.1 Å². The Hall–Kier alpha value is -1.97. The first kappa shape index (κ1) is 15.4. The molecule has 1 saturated heterocycles. The van der Waals surface area contributed by atoms with Crippen LogP contribution in [0.4, 0.5) is 4.39 Å². The number of amides is 1. The predicted octanol–water partition coefficient (Wildman–Crippen LogP) is 0.607. The van der Waals surface area contributed by atoms with Crippen molar-refractivity contribution in [1.82, 2.24) is 15.5 Å².